The van der Waals surface area contributed by atoms with Crippen molar-refractivity contribution in [1.29, 1.82) is 0 Å². The number of hydrogen-bond acceptors (Lipinski definition) is 5. The molecule has 0 aliphatic carbocycles. The van der Waals surface area contributed by atoms with Crippen molar-refractivity contribution in [3.8, 4) is 5.75 Å². The molecule has 1 aliphatic rings. The number of anilines is 1. The first-order valence-corrected chi connectivity index (χ1v) is 7.17. The highest BCUT2D eigenvalue weighted by Gasteiger charge is 2.19. The molecular weight excluding hydrogens is 254 g/mol. The summed E-state index contributed by atoms with van der Waals surface area (Å²) < 4.78 is 5.18. The van der Waals surface area contributed by atoms with Crippen LogP contribution in [0.2, 0.25) is 0 Å². The number of nitrogens with one attached hydrogen (secondary N) is 1. The van der Waals surface area contributed by atoms with E-state index in [1.54, 1.807) is 7.11 Å². The zero-order chi connectivity index (χ0) is 14.4. The lowest BCUT2D eigenvalue weighted by Crippen LogP contribution is -2.49. The van der Waals surface area contributed by atoms with Gasteiger partial charge in [0, 0.05) is 45.0 Å². The predicted molar refractivity (Wildman–Crippen MR) is 81.6 cm³/mol. The van der Waals surface area contributed by atoms with Gasteiger partial charge in [-0.15, -0.1) is 0 Å². The second kappa shape index (κ2) is 7.47. The first kappa shape index (κ1) is 15.1. The van der Waals surface area contributed by atoms with E-state index in [2.05, 4.69) is 27.2 Å². The number of likely N-dealkylation sites (N-methyl/N-ethyl adjacent to an activating group) is 1. The van der Waals surface area contributed by atoms with E-state index in [-0.39, 0.29) is 6.10 Å². The first-order chi connectivity index (χ1) is 9.72. The summed E-state index contributed by atoms with van der Waals surface area (Å²) in [6.07, 6.45) is -0.285. The monoisotopic (exact) mass is 279 g/mol. The van der Waals surface area contributed by atoms with Crippen molar-refractivity contribution >= 4 is 5.69 Å². The van der Waals surface area contributed by atoms with Crippen LogP contribution in [0, 0.1) is 0 Å². The quantitative estimate of drug-likeness (QED) is 0.789. The number of rotatable bonds is 6. The van der Waals surface area contributed by atoms with E-state index in [0.29, 0.717) is 6.54 Å². The average molecular weight is 279 g/mol. The molecule has 1 fully saturated rings. The second-order valence-electron chi connectivity index (χ2n) is 5.20. The van der Waals surface area contributed by atoms with Gasteiger partial charge in [0.25, 0.3) is 0 Å². The molecule has 1 aliphatic heterocycles. The fourth-order valence-electron chi connectivity index (χ4n) is 2.58. The van der Waals surface area contributed by atoms with Crippen LogP contribution in [-0.2, 0) is 0 Å². The molecule has 1 atom stereocenters. The van der Waals surface area contributed by atoms with Crippen LogP contribution in [-0.4, -0.2) is 69.5 Å². The van der Waals surface area contributed by atoms with Crippen molar-refractivity contribution in [3.05, 3.63) is 24.3 Å². The minimum Gasteiger partial charge on any atom is -0.497 e. The van der Waals surface area contributed by atoms with Gasteiger partial charge in [0.05, 0.1) is 13.2 Å². The number of hydrogen-bond donors (Lipinski definition) is 2. The van der Waals surface area contributed by atoms with Crippen molar-refractivity contribution in [2.24, 2.45) is 0 Å². The number of piperazine rings is 1. The largest absolute Gasteiger partial charge is 0.497 e. The Hall–Kier alpha value is -1.30. The van der Waals surface area contributed by atoms with E-state index in [0.717, 1.165) is 38.5 Å². The lowest BCUT2D eigenvalue weighted by atomic mass is 10.2. The van der Waals surface area contributed by atoms with Crippen LogP contribution in [0.3, 0.4) is 0 Å². The fraction of sp³-hybridized carbons (Fsp3) is 0.600. The molecule has 5 heteroatoms. The standard InChI is InChI=1S/C15H25N3O2/c1-16-11-14(19)12-17-7-9-18(10-8-17)13-3-5-15(20-2)6-4-13/h3-6,14,16,19H,7-12H2,1-2H3. The number of nitrogens with zero attached hydrogens (tertiary/aromatic N) is 2. The lowest BCUT2D eigenvalue weighted by Gasteiger charge is -2.37. The summed E-state index contributed by atoms with van der Waals surface area (Å²) >= 11 is 0. The molecule has 0 spiro atoms. The van der Waals surface area contributed by atoms with Crippen LogP contribution in [0.5, 0.6) is 5.75 Å². The molecule has 1 saturated heterocycles. The maximum Gasteiger partial charge on any atom is 0.119 e. The highest BCUT2D eigenvalue weighted by molar-refractivity contribution is 5.49. The van der Waals surface area contributed by atoms with Gasteiger partial charge in [0.1, 0.15) is 5.75 Å². The van der Waals surface area contributed by atoms with Gasteiger partial charge in [-0.3, -0.25) is 4.90 Å². The Morgan fingerprint density at radius 2 is 1.85 bits per heavy atom. The normalized spacial score (nSPS) is 18.1. The molecule has 1 heterocycles. The van der Waals surface area contributed by atoms with Gasteiger partial charge < -0.3 is 20.1 Å². The Morgan fingerprint density at radius 1 is 1.20 bits per heavy atom. The summed E-state index contributed by atoms with van der Waals surface area (Å²) in [7, 11) is 3.55. The number of aliphatic hydroxyl groups is 1. The highest BCUT2D eigenvalue weighted by Crippen LogP contribution is 2.20. The van der Waals surface area contributed by atoms with Crippen LogP contribution >= 0.6 is 0 Å². The van der Waals surface area contributed by atoms with Crippen molar-refractivity contribution in [1.82, 2.24) is 10.2 Å². The van der Waals surface area contributed by atoms with Crippen molar-refractivity contribution < 1.29 is 9.84 Å². The molecule has 2 N–H and O–H groups in total. The minimum atomic E-state index is -0.285. The third-order valence-corrected chi connectivity index (χ3v) is 3.72. The number of ether oxygens (including phenoxy) is 1. The van der Waals surface area contributed by atoms with Crippen molar-refractivity contribution in [2.45, 2.75) is 6.10 Å². The minimum absolute atomic E-state index is 0.285. The van der Waals surface area contributed by atoms with Gasteiger partial charge >= 0.3 is 0 Å². The first-order valence-electron chi connectivity index (χ1n) is 7.17. The van der Waals surface area contributed by atoms with Gasteiger partial charge in [-0.25, -0.2) is 0 Å². The smallest absolute Gasteiger partial charge is 0.119 e. The van der Waals surface area contributed by atoms with Crippen LogP contribution in [0.25, 0.3) is 0 Å². The van der Waals surface area contributed by atoms with E-state index in [4.69, 9.17) is 4.74 Å². The average Bonchev–Trinajstić information content (AvgIpc) is 2.48. The van der Waals surface area contributed by atoms with Crippen molar-refractivity contribution in [2.75, 3.05) is 58.3 Å². The molecule has 1 unspecified atom stereocenters. The van der Waals surface area contributed by atoms with E-state index < -0.39 is 0 Å². The molecule has 5 nitrogen and oxygen atoms in total. The Kier molecular flexibility index (Phi) is 5.64. The zero-order valence-electron chi connectivity index (χ0n) is 12.4. The van der Waals surface area contributed by atoms with Gasteiger partial charge in [-0.2, -0.15) is 0 Å². The Morgan fingerprint density at radius 3 is 2.40 bits per heavy atom. The molecule has 20 heavy (non-hydrogen) atoms. The SMILES string of the molecule is CNCC(O)CN1CCN(c2ccc(OC)cc2)CC1. The molecule has 0 amide bonds. The molecule has 1 aromatic rings. The molecule has 0 radical (unpaired) electrons. The number of benzene rings is 1. The van der Waals surface area contributed by atoms with E-state index in [1.165, 1.54) is 5.69 Å². The molecule has 0 bridgehead atoms. The van der Waals surface area contributed by atoms with E-state index >= 15 is 0 Å². The van der Waals surface area contributed by atoms with Crippen LogP contribution in [0.4, 0.5) is 5.69 Å². The van der Waals surface area contributed by atoms with Crippen LogP contribution in [0.15, 0.2) is 24.3 Å². The van der Waals surface area contributed by atoms with E-state index in [9.17, 15) is 5.11 Å². The lowest BCUT2D eigenvalue weighted by molar-refractivity contribution is 0.109. The Labute approximate surface area is 121 Å². The third-order valence-electron chi connectivity index (χ3n) is 3.72. The van der Waals surface area contributed by atoms with Crippen LogP contribution < -0.4 is 15.0 Å². The maximum absolute atomic E-state index is 9.81. The Balaban J connectivity index is 1.81. The molecular formula is C15H25N3O2. The molecule has 0 saturated carbocycles. The van der Waals surface area contributed by atoms with E-state index in [1.807, 2.05) is 19.2 Å². The molecule has 2 rings (SSSR count). The molecule has 1 aromatic carbocycles. The number of β-amino-alcohol motifs (C(OH)–C–C–N with tert-alkyl or cyclic N) is 1. The van der Waals surface area contributed by atoms with Crippen LogP contribution in [0.1, 0.15) is 0 Å². The fourth-order valence-corrected chi connectivity index (χ4v) is 2.58. The predicted octanol–water partition coefficient (Wildman–Crippen LogP) is 0.398. The zero-order valence-corrected chi connectivity index (χ0v) is 12.4. The van der Waals surface area contributed by atoms with Gasteiger partial charge in [-0.1, -0.05) is 0 Å². The van der Waals surface area contributed by atoms with Gasteiger partial charge in [-0.05, 0) is 31.3 Å². The second-order valence-corrected chi connectivity index (χ2v) is 5.20. The van der Waals surface area contributed by atoms with Gasteiger partial charge in [0.2, 0.25) is 0 Å². The maximum atomic E-state index is 9.81. The third kappa shape index (κ3) is 4.10. The molecule has 112 valence electrons. The molecule has 0 aromatic heterocycles. The summed E-state index contributed by atoms with van der Waals surface area (Å²) in [5.41, 5.74) is 1.24. The topological polar surface area (TPSA) is 48.0 Å². The summed E-state index contributed by atoms with van der Waals surface area (Å²) in [5.74, 6) is 0.891. The number of aliphatic hydroxyl groups excluding tert-OH is 1. The highest BCUT2D eigenvalue weighted by atomic mass is 16.5. The van der Waals surface area contributed by atoms with Crippen molar-refractivity contribution in [3.63, 3.8) is 0 Å². The van der Waals surface area contributed by atoms with Gasteiger partial charge in [0.15, 0.2) is 0 Å². The summed E-state index contributed by atoms with van der Waals surface area (Å²) in [6, 6.07) is 8.20. The number of methoxy groups -OCH3 is 1. The summed E-state index contributed by atoms with van der Waals surface area (Å²) in [6.45, 7) is 5.38. The summed E-state index contributed by atoms with van der Waals surface area (Å²) in [5, 5.41) is 12.8. The summed E-state index contributed by atoms with van der Waals surface area (Å²) in [4.78, 5) is 4.70. The Bertz CT molecular complexity index is 389.